The van der Waals surface area contributed by atoms with Crippen LogP contribution in [0.25, 0.3) is 5.73 Å². The smallest absolute Gasteiger partial charge is 0.851 e. The quantitative estimate of drug-likeness (QED) is 0.419. The number of nitrogens with one attached hydrogen (secondary N) is 1. The summed E-state index contributed by atoms with van der Waals surface area (Å²) in [6.45, 7) is -0.194. The number of rotatable bonds is 1. The molecule has 0 heterocycles. The van der Waals surface area contributed by atoms with Gasteiger partial charge in [0.25, 0.3) is 0 Å². The second-order valence-electron chi connectivity index (χ2n) is 1.84. The molecule has 0 radical (unpaired) electrons. The molecule has 0 saturated carbocycles. The van der Waals surface area contributed by atoms with Crippen molar-refractivity contribution in [2.75, 3.05) is 0 Å². The second kappa shape index (κ2) is 8.83. The summed E-state index contributed by atoms with van der Waals surface area (Å²) >= 11 is 0. The van der Waals surface area contributed by atoms with Gasteiger partial charge in [0.05, 0.1) is 0 Å². The van der Waals surface area contributed by atoms with Crippen LogP contribution in [0, 0.1) is 0 Å². The molecule has 1 N–H and O–H groups in total. The Kier molecular flexibility index (Phi) is 12.6. The van der Waals surface area contributed by atoms with Gasteiger partial charge in [0.15, 0.2) is 0 Å². The van der Waals surface area contributed by atoms with Gasteiger partial charge < -0.3 is 10.8 Å². The largest absolute Gasteiger partial charge is 1.00 e. The van der Waals surface area contributed by atoms with Crippen molar-refractivity contribution in [1.82, 2.24) is 0 Å². The molecule has 0 aromatic heterocycles. The van der Waals surface area contributed by atoms with Gasteiger partial charge in [0, 0.05) is 0 Å². The molecule has 11 heavy (non-hydrogen) atoms. The number of hydrogen-bond acceptors (Lipinski definition) is 1. The first-order valence-electron chi connectivity index (χ1n) is 2.71. The summed E-state index contributed by atoms with van der Waals surface area (Å²) in [7, 11) is 0. The summed E-state index contributed by atoms with van der Waals surface area (Å²) in [4.78, 5) is 0. The molecule has 1 aromatic carbocycles. The van der Waals surface area contributed by atoms with Crippen LogP contribution >= 0.6 is 0 Å². The van der Waals surface area contributed by atoms with Crippen molar-refractivity contribution in [1.29, 1.82) is 0 Å². The zero-order valence-electron chi connectivity index (χ0n) is 6.92. The van der Waals surface area contributed by atoms with Crippen LogP contribution in [-0.2, 0) is 6.61 Å². The molecule has 0 spiro atoms. The molecule has 0 bridgehead atoms. The fourth-order valence-corrected chi connectivity index (χ4v) is 0.601. The van der Waals surface area contributed by atoms with Gasteiger partial charge in [0.1, 0.15) is 0 Å². The van der Waals surface area contributed by atoms with Crippen LogP contribution in [0.2, 0.25) is 0 Å². The van der Waals surface area contributed by atoms with Crippen LogP contribution in [0.3, 0.4) is 0 Å². The van der Waals surface area contributed by atoms with E-state index in [1.54, 1.807) is 24.3 Å². The van der Waals surface area contributed by atoms with Crippen molar-refractivity contribution in [2.45, 2.75) is 6.61 Å². The molecule has 0 aliphatic heterocycles. The molecule has 0 aliphatic carbocycles. The van der Waals surface area contributed by atoms with Crippen molar-refractivity contribution in [2.24, 2.45) is 0 Å². The van der Waals surface area contributed by atoms with Gasteiger partial charge in [-0.15, -0.1) is 12.3 Å². The normalized spacial score (nSPS) is 7.73. The molecule has 4 heteroatoms. The van der Waals surface area contributed by atoms with Gasteiger partial charge in [-0.25, -0.2) is 0 Å². The summed E-state index contributed by atoms with van der Waals surface area (Å²) in [6.07, 6.45) is 0. The summed E-state index contributed by atoms with van der Waals surface area (Å²) in [5, 5.41) is 10.2. The van der Waals surface area contributed by atoms with E-state index in [9.17, 15) is 5.11 Å². The molecule has 0 aliphatic rings. The van der Waals surface area contributed by atoms with E-state index in [4.69, 9.17) is 5.73 Å². The zero-order valence-corrected chi connectivity index (χ0v) is 13.2. The third kappa shape index (κ3) is 6.34. The minimum atomic E-state index is -0.194. The Morgan fingerprint density at radius 3 is 1.91 bits per heavy atom. The summed E-state index contributed by atoms with van der Waals surface area (Å²) < 4.78 is 0. The fourth-order valence-electron chi connectivity index (χ4n) is 0.601. The average molecular weight is 199 g/mol. The van der Waals surface area contributed by atoms with Crippen LogP contribution in [0.5, 0.6) is 0 Å². The fraction of sp³-hybridized carbons (Fsp3) is 0.143. The molecule has 0 fully saturated rings. The van der Waals surface area contributed by atoms with Crippen molar-refractivity contribution >= 4 is 5.69 Å². The van der Waals surface area contributed by atoms with Gasteiger partial charge in [0.2, 0.25) is 0 Å². The van der Waals surface area contributed by atoms with E-state index in [0.29, 0.717) is 5.69 Å². The first kappa shape index (κ1) is 15.7. The van der Waals surface area contributed by atoms with Crippen LogP contribution in [-0.4, -0.2) is 0 Å². The minimum Gasteiger partial charge on any atom is -0.851 e. The standard InChI is InChI=1S/C7H7NO.2K/c8-7-3-1-6(5-9)2-4-7;;/h1-4,8H,5H2;;/q-2;2*+1. The van der Waals surface area contributed by atoms with E-state index in [2.05, 4.69) is 0 Å². The van der Waals surface area contributed by atoms with Crippen molar-refractivity contribution < 1.29 is 108 Å². The van der Waals surface area contributed by atoms with E-state index in [1.807, 2.05) is 0 Å². The summed E-state index contributed by atoms with van der Waals surface area (Å²) in [5.74, 6) is 0. The van der Waals surface area contributed by atoms with Crippen molar-refractivity contribution in [3.63, 3.8) is 0 Å². The molecule has 0 saturated heterocycles. The predicted molar refractivity (Wildman–Crippen MR) is 34.1 cm³/mol. The maximum atomic E-state index is 10.2. The monoisotopic (exact) mass is 199 g/mol. The third-order valence-electron chi connectivity index (χ3n) is 1.12. The molecule has 0 atom stereocenters. The topological polar surface area (TPSA) is 46.9 Å². The van der Waals surface area contributed by atoms with Gasteiger partial charge in [-0.1, -0.05) is 29.8 Å². The Labute approximate surface area is 152 Å². The van der Waals surface area contributed by atoms with Gasteiger partial charge >= 0.3 is 103 Å². The van der Waals surface area contributed by atoms with Crippen molar-refractivity contribution in [3.8, 4) is 0 Å². The van der Waals surface area contributed by atoms with E-state index in [1.165, 1.54) is 0 Å². The zero-order chi connectivity index (χ0) is 6.69. The minimum absolute atomic E-state index is 0. The SMILES string of the molecule is [K+].[K+].[NH-]c1ccc(C[O-])cc1. The van der Waals surface area contributed by atoms with Gasteiger partial charge in [-0.3, -0.25) is 0 Å². The van der Waals surface area contributed by atoms with E-state index < -0.39 is 0 Å². The first-order valence-corrected chi connectivity index (χ1v) is 2.71. The predicted octanol–water partition coefficient (Wildman–Crippen LogP) is -4.76. The van der Waals surface area contributed by atoms with E-state index in [0.717, 1.165) is 5.56 Å². The number of benzene rings is 1. The van der Waals surface area contributed by atoms with E-state index in [-0.39, 0.29) is 109 Å². The van der Waals surface area contributed by atoms with Crippen molar-refractivity contribution in [3.05, 3.63) is 35.6 Å². The van der Waals surface area contributed by atoms with Crippen LogP contribution in [0.4, 0.5) is 5.69 Å². The van der Waals surface area contributed by atoms with Crippen LogP contribution in [0.1, 0.15) is 5.56 Å². The average Bonchev–Trinajstić information content (AvgIpc) is 1.90. The first-order chi connectivity index (χ1) is 4.33. The van der Waals surface area contributed by atoms with Crippen LogP contribution in [0.15, 0.2) is 24.3 Å². The molecule has 1 aromatic rings. The Morgan fingerprint density at radius 1 is 1.09 bits per heavy atom. The summed E-state index contributed by atoms with van der Waals surface area (Å²) in [6, 6.07) is 6.59. The third-order valence-corrected chi connectivity index (χ3v) is 1.12. The maximum absolute atomic E-state index is 10.2. The Bertz CT molecular complexity index is 188. The van der Waals surface area contributed by atoms with Gasteiger partial charge in [-0.2, -0.15) is 0 Å². The Balaban J connectivity index is 0. The molecule has 2 nitrogen and oxygen atoms in total. The van der Waals surface area contributed by atoms with Gasteiger partial charge in [-0.05, 0) is 0 Å². The van der Waals surface area contributed by atoms with E-state index >= 15 is 0 Å². The number of hydrogen-bond donors (Lipinski definition) is 0. The molecule has 48 valence electrons. The van der Waals surface area contributed by atoms with Crippen LogP contribution < -0.4 is 108 Å². The maximum Gasteiger partial charge on any atom is 1.00 e. The Morgan fingerprint density at radius 2 is 1.55 bits per heavy atom. The molecular formula is C7H7K2NO. The summed E-state index contributed by atoms with van der Waals surface area (Å²) in [5.41, 5.74) is 8.26. The Hall–Kier alpha value is 2.25. The molecular weight excluding hydrogens is 192 g/mol. The second-order valence-corrected chi connectivity index (χ2v) is 1.84. The molecule has 0 unspecified atom stereocenters. The molecule has 0 amide bonds. The molecule has 1 rings (SSSR count).